The average Bonchev–Trinajstić information content (AvgIpc) is 2.36. The van der Waals surface area contributed by atoms with E-state index in [9.17, 15) is 9.36 Å². The molecule has 0 amide bonds. The largest absolute Gasteiger partial charge is 0.510 e. The molecule has 1 aromatic rings. The number of carbonyl (C=O) groups excluding carboxylic acids is 1. The highest BCUT2D eigenvalue weighted by Gasteiger charge is 2.33. The molecule has 6 nitrogen and oxygen atoms in total. The number of ether oxygens (including phenoxy) is 2. The van der Waals surface area contributed by atoms with E-state index in [4.69, 9.17) is 18.5 Å². The number of hydrogen-bond donors (Lipinski definition) is 0. The highest BCUT2D eigenvalue weighted by molar-refractivity contribution is 7.54. The fourth-order valence-corrected chi connectivity index (χ4v) is 3.74. The van der Waals surface area contributed by atoms with Crippen LogP contribution in [-0.4, -0.2) is 25.2 Å². The van der Waals surface area contributed by atoms with Crippen molar-refractivity contribution >= 4 is 13.8 Å². The summed E-state index contributed by atoms with van der Waals surface area (Å²) in [6.45, 7) is 8.67. The lowest BCUT2D eigenvalue weighted by Crippen LogP contribution is -2.19. The van der Waals surface area contributed by atoms with Crippen molar-refractivity contribution in [3.63, 3.8) is 0 Å². The second-order valence-corrected chi connectivity index (χ2v) is 8.52. The molecule has 0 saturated heterocycles. The SMILES string of the molecule is CC(C)OC(=O)OCOP(=O)(CC(C)(C)C)Oc1ccccc1. The summed E-state index contributed by atoms with van der Waals surface area (Å²) in [7, 11) is -3.49. The summed E-state index contributed by atoms with van der Waals surface area (Å²) in [5.74, 6) is 0.435. The van der Waals surface area contributed by atoms with Crippen molar-refractivity contribution in [1.82, 2.24) is 0 Å². The Bertz CT molecular complexity index is 535. The van der Waals surface area contributed by atoms with E-state index in [1.807, 2.05) is 26.8 Å². The number of rotatable bonds is 7. The predicted molar refractivity (Wildman–Crippen MR) is 87.7 cm³/mol. The van der Waals surface area contributed by atoms with Crippen LogP contribution in [0.1, 0.15) is 34.6 Å². The van der Waals surface area contributed by atoms with Gasteiger partial charge in [0.15, 0.2) is 0 Å². The van der Waals surface area contributed by atoms with E-state index >= 15 is 0 Å². The second-order valence-electron chi connectivity index (χ2n) is 6.54. The molecule has 0 aliphatic carbocycles. The zero-order valence-corrected chi connectivity index (χ0v) is 15.2. The first-order chi connectivity index (χ1) is 10.6. The maximum atomic E-state index is 12.9. The Morgan fingerprint density at radius 3 is 2.30 bits per heavy atom. The van der Waals surface area contributed by atoms with Gasteiger partial charge in [0.1, 0.15) is 5.75 Å². The van der Waals surface area contributed by atoms with Gasteiger partial charge in [0.05, 0.1) is 12.3 Å². The van der Waals surface area contributed by atoms with Gasteiger partial charge in [-0.05, 0) is 31.4 Å². The first kappa shape index (κ1) is 19.5. The Morgan fingerprint density at radius 2 is 1.78 bits per heavy atom. The summed E-state index contributed by atoms with van der Waals surface area (Å²) in [5.41, 5.74) is -0.289. The van der Waals surface area contributed by atoms with E-state index in [1.165, 1.54) is 0 Å². The van der Waals surface area contributed by atoms with Gasteiger partial charge in [-0.15, -0.1) is 0 Å². The predicted octanol–water partition coefficient (Wildman–Crippen LogP) is 4.84. The molecule has 0 radical (unpaired) electrons. The number of benzene rings is 1. The number of hydrogen-bond acceptors (Lipinski definition) is 6. The van der Waals surface area contributed by atoms with E-state index in [2.05, 4.69) is 0 Å². The molecular weight excluding hydrogens is 319 g/mol. The third-order valence-electron chi connectivity index (χ3n) is 2.41. The lowest BCUT2D eigenvalue weighted by atomic mass is 10.0. The quantitative estimate of drug-likeness (QED) is 0.400. The van der Waals surface area contributed by atoms with Crippen molar-refractivity contribution < 1.29 is 27.9 Å². The van der Waals surface area contributed by atoms with Crippen LogP contribution in [0.5, 0.6) is 5.75 Å². The average molecular weight is 344 g/mol. The van der Waals surface area contributed by atoms with Crippen LogP contribution < -0.4 is 4.52 Å². The fourth-order valence-electron chi connectivity index (χ4n) is 1.71. The molecule has 1 atom stereocenters. The Balaban J connectivity index is 2.69. The van der Waals surface area contributed by atoms with E-state index in [1.54, 1.807) is 38.1 Å². The summed E-state index contributed by atoms with van der Waals surface area (Å²) in [6.07, 6.45) is -0.997. The molecule has 0 heterocycles. The van der Waals surface area contributed by atoms with E-state index in [-0.39, 0.29) is 17.7 Å². The van der Waals surface area contributed by atoms with E-state index in [0.717, 1.165) is 0 Å². The highest BCUT2D eigenvalue weighted by Crippen LogP contribution is 2.52. The molecule has 0 saturated carbocycles. The molecule has 1 unspecified atom stereocenters. The van der Waals surface area contributed by atoms with Crippen LogP contribution in [0.15, 0.2) is 30.3 Å². The third-order valence-corrected chi connectivity index (χ3v) is 4.74. The van der Waals surface area contributed by atoms with Gasteiger partial charge < -0.3 is 14.0 Å². The Kier molecular flexibility index (Phi) is 7.10. The van der Waals surface area contributed by atoms with Crippen LogP contribution in [0.3, 0.4) is 0 Å². The molecule has 0 fully saturated rings. The van der Waals surface area contributed by atoms with Crippen molar-refractivity contribution in [3.05, 3.63) is 30.3 Å². The maximum Gasteiger partial charge on any atom is 0.510 e. The lowest BCUT2D eigenvalue weighted by molar-refractivity contribution is -0.0107. The molecule has 1 aromatic carbocycles. The summed E-state index contributed by atoms with van der Waals surface area (Å²) in [4.78, 5) is 11.3. The van der Waals surface area contributed by atoms with Gasteiger partial charge in [-0.2, -0.15) is 0 Å². The standard InChI is InChI=1S/C16H25O6P/c1-13(2)21-15(17)19-12-20-23(18,11-16(3,4)5)22-14-9-7-6-8-10-14/h6-10,13H,11-12H2,1-5H3. The molecule has 130 valence electrons. The molecule has 0 aromatic heterocycles. The Morgan fingerprint density at radius 1 is 1.17 bits per heavy atom. The van der Waals surface area contributed by atoms with Gasteiger partial charge in [0, 0.05) is 0 Å². The highest BCUT2D eigenvalue weighted by atomic mass is 31.2. The normalized spacial score (nSPS) is 14.2. The van der Waals surface area contributed by atoms with Gasteiger partial charge in [0.2, 0.25) is 6.79 Å². The molecule has 0 aliphatic heterocycles. The van der Waals surface area contributed by atoms with Crippen molar-refractivity contribution in [2.24, 2.45) is 5.41 Å². The molecule has 23 heavy (non-hydrogen) atoms. The second kappa shape index (κ2) is 8.37. The van der Waals surface area contributed by atoms with Gasteiger partial charge in [0.25, 0.3) is 0 Å². The lowest BCUT2D eigenvalue weighted by Gasteiger charge is -2.25. The summed E-state index contributed by atoms with van der Waals surface area (Å²) in [6, 6.07) is 8.74. The topological polar surface area (TPSA) is 71.1 Å². The van der Waals surface area contributed by atoms with Crippen LogP contribution in [0.2, 0.25) is 0 Å². The van der Waals surface area contributed by atoms with Crippen LogP contribution >= 0.6 is 7.60 Å². The zero-order chi connectivity index (χ0) is 17.5. The summed E-state index contributed by atoms with van der Waals surface area (Å²) in [5, 5.41) is 0. The zero-order valence-electron chi connectivity index (χ0n) is 14.3. The van der Waals surface area contributed by atoms with Crippen LogP contribution in [0.4, 0.5) is 4.79 Å². The molecule has 0 spiro atoms. The summed E-state index contributed by atoms with van der Waals surface area (Å²) < 4.78 is 33.3. The molecule has 1 rings (SSSR count). The van der Waals surface area contributed by atoms with Crippen LogP contribution in [0, 0.1) is 5.41 Å². The minimum absolute atomic E-state index is 0.178. The molecule has 0 N–H and O–H groups in total. The maximum absolute atomic E-state index is 12.9. The van der Waals surface area contributed by atoms with Crippen molar-refractivity contribution in [2.45, 2.75) is 40.7 Å². The van der Waals surface area contributed by atoms with Crippen LogP contribution in [-0.2, 0) is 18.6 Å². The minimum Gasteiger partial charge on any atom is -0.432 e. The van der Waals surface area contributed by atoms with Crippen LogP contribution in [0.25, 0.3) is 0 Å². The molecule has 0 aliphatic rings. The third kappa shape index (κ3) is 8.62. The Labute approximate surface area is 137 Å². The van der Waals surface area contributed by atoms with Gasteiger partial charge in [-0.25, -0.2) is 9.36 Å². The fraction of sp³-hybridized carbons (Fsp3) is 0.562. The smallest absolute Gasteiger partial charge is 0.432 e. The Hall–Kier alpha value is -1.52. The first-order valence-corrected chi connectivity index (χ1v) is 9.14. The van der Waals surface area contributed by atoms with Gasteiger partial charge >= 0.3 is 13.8 Å². The van der Waals surface area contributed by atoms with E-state index < -0.39 is 20.5 Å². The monoisotopic (exact) mass is 344 g/mol. The van der Waals surface area contributed by atoms with Crippen molar-refractivity contribution in [1.29, 1.82) is 0 Å². The molecular formula is C16H25O6P. The molecule has 7 heteroatoms. The van der Waals surface area contributed by atoms with Gasteiger partial charge in [-0.3, -0.25) is 4.52 Å². The van der Waals surface area contributed by atoms with Gasteiger partial charge in [-0.1, -0.05) is 39.0 Å². The number of carbonyl (C=O) groups is 1. The van der Waals surface area contributed by atoms with Crippen molar-refractivity contribution in [3.8, 4) is 5.75 Å². The summed E-state index contributed by atoms with van der Waals surface area (Å²) >= 11 is 0. The minimum atomic E-state index is -3.49. The van der Waals surface area contributed by atoms with E-state index in [0.29, 0.717) is 5.75 Å². The molecule has 0 bridgehead atoms. The first-order valence-electron chi connectivity index (χ1n) is 7.41. The van der Waals surface area contributed by atoms with Crippen molar-refractivity contribution in [2.75, 3.05) is 13.0 Å². The number of para-hydroxylation sites is 1.